The molecule has 0 radical (unpaired) electrons. The molecule has 90 valence electrons. The molecule has 0 fully saturated rings. The number of halogens is 2. The van der Waals surface area contributed by atoms with Gasteiger partial charge in [0, 0.05) is 29.3 Å². The van der Waals surface area contributed by atoms with Crippen molar-refractivity contribution in [2.75, 3.05) is 20.3 Å². The van der Waals surface area contributed by atoms with Gasteiger partial charge in [-0.1, -0.05) is 23.2 Å². The molecule has 0 N–H and O–H groups in total. The van der Waals surface area contributed by atoms with Crippen LogP contribution in [-0.2, 0) is 11.2 Å². The SMILES string of the molecule is COCC1=NCC(Cc2cc(Cl)cc(Cl)c2)=N1. The Labute approximate surface area is 110 Å². The van der Waals surface area contributed by atoms with Crippen molar-refractivity contribution in [2.45, 2.75) is 6.42 Å². The van der Waals surface area contributed by atoms with Crippen LogP contribution in [0, 0.1) is 0 Å². The maximum Gasteiger partial charge on any atom is 0.149 e. The van der Waals surface area contributed by atoms with Crippen LogP contribution in [-0.4, -0.2) is 31.8 Å². The Hall–Kier alpha value is -0.900. The van der Waals surface area contributed by atoms with E-state index in [9.17, 15) is 0 Å². The summed E-state index contributed by atoms with van der Waals surface area (Å²) in [5.41, 5.74) is 2.06. The Morgan fingerprint density at radius 1 is 1.24 bits per heavy atom. The standard InChI is InChI=1S/C12H12Cl2N2O/c1-17-7-12-15-6-11(16-12)4-8-2-9(13)5-10(14)3-8/h2-3,5H,4,6-7H2,1H3. The maximum atomic E-state index is 5.94. The van der Waals surface area contributed by atoms with E-state index >= 15 is 0 Å². The summed E-state index contributed by atoms with van der Waals surface area (Å²) < 4.78 is 4.98. The Morgan fingerprint density at radius 3 is 2.59 bits per heavy atom. The molecule has 0 atom stereocenters. The number of rotatable bonds is 4. The van der Waals surface area contributed by atoms with Gasteiger partial charge in [0.1, 0.15) is 12.4 Å². The van der Waals surface area contributed by atoms with Crippen LogP contribution >= 0.6 is 23.2 Å². The van der Waals surface area contributed by atoms with Crippen molar-refractivity contribution in [3.63, 3.8) is 0 Å². The quantitative estimate of drug-likeness (QED) is 0.828. The van der Waals surface area contributed by atoms with E-state index in [0.29, 0.717) is 23.2 Å². The molecule has 0 saturated heterocycles. The summed E-state index contributed by atoms with van der Waals surface area (Å²) in [7, 11) is 1.63. The van der Waals surface area contributed by atoms with Crippen LogP contribution in [0.2, 0.25) is 10.0 Å². The number of aliphatic imine (C=N–C) groups is 2. The molecule has 17 heavy (non-hydrogen) atoms. The van der Waals surface area contributed by atoms with Crippen molar-refractivity contribution >= 4 is 34.7 Å². The van der Waals surface area contributed by atoms with Gasteiger partial charge in [-0.3, -0.25) is 4.99 Å². The van der Waals surface area contributed by atoms with Crippen LogP contribution in [0.4, 0.5) is 0 Å². The number of hydrogen-bond donors (Lipinski definition) is 0. The van der Waals surface area contributed by atoms with Crippen molar-refractivity contribution in [1.29, 1.82) is 0 Å². The van der Waals surface area contributed by atoms with Gasteiger partial charge in [0.15, 0.2) is 0 Å². The van der Waals surface area contributed by atoms with Crippen molar-refractivity contribution in [2.24, 2.45) is 9.98 Å². The molecule has 0 spiro atoms. The summed E-state index contributed by atoms with van der Waals surface area (Å²) in [5.74, 6) is 0.746. The van der Waals surface area contributed by atoms with Crippen LogP contribution in [0.15, 0.2) is 28.2 Å². The van der Waals surface area contributed by atoms with Crippen molar-refractivity contribution in [1.82, 2.24) is 0 Å². The van der Waals surface area contributed by atoms with Gasteiger partial charge < -0.3 is 4.74 Å². The van der Waals surface area contributed by atoms with E-state index in [1.54, 1.807) is 13.2 Å². The fraction of sp³-hybridized carbons (Fsp3) is 0.333. The summed E-state index contributed by atoms with van der Waals surface area (Å²) in [4.78, 5) is 8.66. The van der Waals surface area contributed by atoms with Gasteiger partial charge in [0.05, 0.1) is 6.54 Å². The van der Waals surface area contributed by atoms with E-state index in [4.69, 9.17) is 27.9 Å². The molecule has 3 nitrogen and oxygen atoms in total. The number of amidine groups is 1. The molecule has 1 aromatic rings. The van der Waals surface area contributed by atoms with E-state index in [2.05, 4.69) is 9.98 Å². The first-order valence-corrected chi connectivity index (χ1v) is 5.96. The third kappa shape index (κ3) is 3.53. The molecule has 0 unspecified atom stereocenters. The summed E-state index contributed by atoms with van der Waals surface area (Å²) in [6.07, 6.45) is 0.719. The number of ether oxygens (including phenoxy) is 1. The van der Waals surface area contributed by atoms with Gasteiger partial charge in [-0.2, -0.15) is 0 Å². The number of nitrogens with zero attached hydrogens (tertiary/aromatic N) is 2. The Morgan fingerprint density at radius 2 is 1.94 bits per heavy atom. The van der Waals surface area contributed by atoms with E-state index < -0.39 is 0 Å². The average molecular weight is 271 g/mol. The van der Waals surface area contributed by atoms with Gasteiger partial charge in [-0.25, -0.2) is 4.99 Å². The molecule has 0 aliphatic carbocycles. The minimum Gasteiger partial charge on any atom is -0.377 e. The van der Waals surface area contributed by atoms with Gasteiger partial charge >= 0.3 is 0 Å². The Balaban J connectivity index is 2.05. The van der Waals surface area contributed by atoms with Crippen LogP contribution in [0.5, 0.6) is 0 Å². The lowest BCUT2D eigenvalue weighted by Crippen LogP contribution is -2.05. The highest BCUT2D eigenvalue weighted by Gasteiger charge is 2.11. The minimum absolute atomic E-state index is 0.458. The molecule has 1 aliphatic rings. The smallest absolute Gasteiger partial charge is 0.149 e. The minimum atomic E-state index is 0.458. The summed E-state index contributed by atoms with van der Waals surface area (Å²) >= 11 is 11.9. The van der Waals surface area contributed by atoms with E-state index in [-0.39, 0.29) is 0 Å². The molecule has 0 saturated carbocycles. The van der Waals surface area contributed by atoms with E-state index in [1.807, 2.05) is 12.1 Å². The van der Waals surface area contributed by atoms with Crippen LogP contribution in [0.25, 0.3) is 0 Å². The average Bonchev–Trinajstić information content (AvgIpc) is 2.64. The lowest BCUT2D eigenvalue weighted by Gasteiger charge is -2.02. The van der Waals surface area contributed by atoms with Crippen molar-refractivity contribution in [3.05, 3.63) is 33.8 Å². The zero-order valence-electron chi connectivity index (χ0n) is 9.41. The van der Waals surface area contributed by atoms with Gasteiger partial charge in [0.2, 0.25) is 0 Å². The Kier molecular flexibility index (Phi) is 4.15. The lowest BCUT2D eigenvalue weighted by molar-refractivity contribution is 0.244. The molecule has 0 amide bonds. The number of methoxy groups -OCH3 is 1. The molecular formula is C12H12Cl2N2O. The monoisotopic (exact) mass is 270 g/mol. The highest BCUT2D eigenvalue weighted by Crippen LogP contribution is 2.20. The van der Waals surface area contributed by atoms with Crippen LogP contribution < -0.4 is 0 Å². The first-order valence-electron chi connectivity index (χ1n) is 5.21. The maximum absolute atomic E-state index is 5.94. The lowest BCUT2D eigenvalue weighted by atomic mass is 10.1. The Bertz CT molecular complexity index is 463. The van der Waals surface area contributed by atoms with Gasteiger partial charge in [-0.05, 0) is 23.8 Å². The predicted molar refractivity (Wildman–Crippen MR) is 71.8 cm³/mol. The zero-order chi connectivity index (χ0) is 12.3. The highest BCUT2D eigenvalue weighted by atomic mass is 35.5. The van der Waals surface area contributed by atoms with Crippen molar-refractivity contribution in [3.8, 4) is 0 Å². The molecule has 0 aromatic heterocycles. The topological polar surface area (TPSA) is 34.0 Å². The molecule has 1 aromatic carbocycles. The largest absolute Gasteiger partial charge is 0.377 e. The number of hydrogen-bond acceptors (Lipinski definition) is 3. The third-order valence-electron chi connectivity index (χ3n) is 2.34. The third-order valence-corrected chi connectivity index (χ3v) is 2.77. The molecule has 1 heterocycles. The first-order chi connectivity index (χ1) is 8.17. The molecule has 0 bridgehead atoms. The summed E-state index contributed by atoms with van der Waals surface area (Å²) in [6.45, 7) is 1.09. The molecular weight excluding hydrogens is 259 g/mol. The second kappa shape index (κ2) is 5.63. The van der Waals surface area contributed by atoms with Gasteiger partial charge in [0.25, 0.3) is 0 Å². The fourth-order valence-corrected chi connectivity index (χ4v) is 2.26. The second-order valence-electron chi connectivity index (χ2n) is 3.80. The normalized spacial score (nSPS) is 14.8. The van der Waals surface area contributed by atoms with Crippen LogP contribution in [0.3, 0.4) is 0 Å². The molecule has 5 heteroatoms. The van der Waals surface area contributed by atoms with Gasteiger partial charge in [-0.15, -0.1) is 0 Å². The fourth-order valence-electron chi connectivity index (χ4n) is 1.69. The zero-order valence-corrected chi connectivity index (χ0v) is 10.9. The summed E-state index contributed by atoms with van der Waals surface area (Å²) in [5, 5.41) is 1.29. The molecule has 1 aliphatic heterocycles. The van der Waals surface area contributed by atoms with Crippen molar-refractivity contribution < 1.29 is 4.74 Å². The second-order valence-corrected chi connectivity index (χ2v) is 4.67. The van der Waals surface area contributed by atoms with Crippen LogP contribution in [0.1, 0.15) is 5.56 Å². The number of benzene rings is 1. The first kappa shape index (κ1) is 12.6. The van der Waals surface area contributed by atoms with E-state index in [1.165, 1.54) is 0 Å². The molecule has 2 rings (SSSR count). The summed E-state index contributed by atoms with van der Waals surface area (Å²) in [6, 6.07) is 5.50. The highest BCUT2D eigenvalue weighted by molar-refractivity contribution is 6.34. The predicted octanol–water partition coefficient (Wildman–Crippen LogP) is 3.04. The van der Waals surface area contributed by atoms with E-state index in [0.717, 1.165) is 23.5 Å².